The van der Waals surface area contributed by atoms with E-state index in [2.05, 4.69) is 5.32 Å². The molecule has 0 aliphatic rings. The molecule has 2 aromatic carbocycles. The maximum atomic E-state index is 11.9. The number of nitrogens with one attached hydrogen (secondary N) is 1. The Bertz CT molecular complexity index is 572. The van der Waals surface area contributed by atoms with Crippen LogP contribution in [0.4, 0.5) is 5.69 Å². The summed E-state index contributed by atoms with van der Waals surface area (Å²) in [5.74, 6) is -0.0312. The Morgan fingerprint density at radius 2 is 1.75 bits per heavy atom. The van der Waals surface area contributed by atoms with Gasteiger partial charge in [0.15, 0.2) is 0 Å². The molecule has 0 aromatic heterocycles. The van der Waals surface area contributed by atoms with Crippen LogP contribution in [0.1, 0.15) is 5.56 Å². The SMILES string of the molecule is CN(CC(=O)NCc1ccccc1Cl)c1ccccc1. The summed E-state index contributed by atoms with van der Waals surface area (Å²) in [6, 6.07) is 17.3. The second kappa shape index (κ2) is 6.96. The number of rotatable bonds is 5. The van der Waals surface area contributed by atoms with E-state index in [1.807, 2.05) is 66.5 Å². The predicted octanol–water partition coefficient (Wildman–Crippen LogP) is 3.09. The number of carbonyl (C=O) groups is 1. The summed E-state index contributed by atoms with van der Waals surface area (Å²) in [6.07, 6.45) is 0. The Kier molecular flexibility index (Phi) is 5.02. The van der Waals surface area contributed by atoms with E-state index in [4.69, 9.17) is 11.6 Å². The largest absolute Gasteiger partial charge is 0.365 e. The van der Waals surface area contributed by atoms with E-state index in [0.717, 1.165) is 11.3 Å². The van der Waals surface area contributed by atoms with Crippen molar-refractivity contribution in [3.05, 3.63) is 65.2 Å². The highest BCUT2D eigenvalue weighted by Gasteiger charge is 2.07. The second-order valence-electron chi connectivity index (χ2n) is 4.56. The van der Waals surface area contributed by atoms with Gasteiger partial charge in [0.25, 0.3) is 0 Å². The molecule has 0 spiro atoms. The molecule has 1 N–H and O–H groups in total. The molecule has 0 aliphatic carbocycles. The fraction of sp³-hybridized carbons (Fsp3) is 0.188. The molecule has 20 heavy (non-hydrogen) atoms. The minimum atomic E-state index is -0.0312. The van der Waals surface area contributed by atoms with Crippen LogP contribution in [-0.2, 0) is 11.3 Å². The topological polar surface area (TPSA) is 32.3 Å². The van der Waals surface area contributed by atoms with Gasteiger partial charge in [-0.25, -0.2) is 0 Å². The van der Waals surface area contributed by atoms with Crippen molar-refractivity contribution < 1.29 is 4.79 Å². The molecule has 0 radical (unpaired) electrons. The van der Waals surface area contributed by atoms with Crippen LogP contribution in [0.3, 0.4) is 0 Å². The Morgan fingerprint density at radius 3 is 2.45 bits per heavy atom. The Balaban J connectivity index is 1.86. The van der Waals surface area contributed by atoms with E-state index in [-0.39, 0.29) is 5.91 Å². The van der Waals surface area contributed by atoms with Crippen LogP contribution < -0.4 is 10.2 Å². The quantitative estimate of drug-likeness (QED) is 0.917. The molecule has 0 unspecified atom stereocenters. The molecule has 4 heteroatoms. The molecular weight excluding hydrogens is 272 g/mol. The van der Waals surface area contributed by atoms with Gasteiger partial charge in [0.2, 0.25) is 5.91 Å². The van der Waals surface area contributed by atoms with E-state index >= 15 is 0 Å². The van der Waals surface area contributed by atoms with Crippen molar-refractivity contribution in [3.8, 4) is 0 Å². The summed E-state index contributed by atoms with van der Waals surface area (Å²) in [5, 5.41) is 3.55. The molecule has 0 bridgehead atoms. The van der Waals surface area contributed by atoms with Gasteiger partial charge in [0.1, 0.15) is 0 Å². The van der Waals surface area contributed by atoms with Gasteiger partial charge in [-0.1, -0.05) is 48.0 Å². The van der Waals surface area contributed by atoms with Crippen molar-refractivity contribution in [2.45, 2.75) is 6.54 Å². The maximum absolute atomic E-state index is 11.9. The van der Waals surface area contributed by atoms with Crippen molar-refractivity contribution in [1.29, 1.82) is 0 Å². The second-order valence-corrected chi connectivity index (χ2v) is 4.97. The first-order valence-electron chi connectivity index (χ1n) is 6.43. The number of hydrogen-bond donors (Lipinski definition) is 1. The molecule has 104 valence electrons. The number of anilines is 1. The van der Waals surface area contributed by atoms with Crippen LogP contribution in [-0.4, -0.2) is 19.5 Å². The zero-order valence-corrected chi connectivity index (χ0v) is 12.1. The van der Waals surface area contributed by atoms with E-state index in [9.17, 15) is 4.79 Å². The van der Waals surface area contributed by atoms with Crippen LogP contribution in [0.2, 0.25) is 5.02 Å². The third kappa shape index (κ3) is 4.00. The van der Waals surface area contributed by atoms with Gasteiger partial charge in [-0.15, -0.1) is 0 Å². The van der Waals surface area contributed by atoms with Crippen LogP contribution in [0.15, 0.2) is 54.6 Å². The van der Waals surface area contributed by atoms with Crippen molar-refractivity contribution in [2.75, 3.05) is 18.5 Å². The lowest BCUT2D eigenvalue weighted by Crippen LogP contribution is -2.34. The van der Waals surface area contributed by atoms with Crippen molar-refractivity contribution in [1.82, 2.24) is 5.32 Å². The van der Waals surface area contributed by atoms with E-state index < -0.39 is 0 Å². The molecule has 2 rings (SSSR count). The lowest BCUT2D eigenvalue weighted by atomic mass is 10.2. The smallest absolute Gasteiger partial charge is 0.239 e. The number of carbonyl (C=O) groups excluding carboxylic acids is 1. The van der Waals surface area contributed by atoms with Crippen molar-refractivity contribution >= 4 is 23.2 Å². The first kappa shape index (κ1) is 14.4. The zero-order chi connectivity index (χ0) is 14.4. The molecule has 0 fully saturated rings. The summed E-state index contributed by atoms with van der Waals surface area (Å²) in [4.78, 5) is 13.8. The molecule has 2 aromatic rings. The molecule has 1 amide bonds. The summed E-state index contributed by atoms with van der Waals surface area (Å²) in [7, 11) is 1.89. The van der Waals surface area contributed by atoms with Gasteiger partial charge in [0.05, 0.1) is 6.54 Å². The number of amides is 1. The Morgan fingerprint density at radius 1 is 1.10 bits per heavy atom. The number of nitrogens with zero attached hydrogens (tertiary/aromatic N) is 1. The highest BCUT2D eigenvalue weighted by atomic mass is 35.5. The van der Waals surface area contributed by atoms with Gasteiger partial charge in [0, 0.05) is 24.3 Å². The average molecular weight is 289 g/mol. The minimum absolute atomic E-state index is 0.0312. The van der Waals surface area contributed by atoms with Gasteiger partial charge in [-0.05, 0) is 23.8 Å². The van der Waals surface area contributed by atoms with Crippen LogP contribution in [0.25, 0.3) is 0 Å². The fourth-order valence-corrected chi connectivity index (χ4v) is 2.08. The van der Waals surface area contributed by atoms with Gasteiger partial charge >= 0.3 is 0 Å². The molecule has 0 aliphatic heterocycles. The first-order chi connectivity index (χ1) is 9.66. The number of halogens is 1. The number of para-hydroxylation sites is 1. The molecule has 3 nitrogen and oxygen atoms in total. The monoisotopic (exact) mass is 288 g/mol. The van der Waals surface area contributed by atoms with E-state index in [0.29, 0.717) is 18.1 Å². The van der Waals surface area contributed by atoms with Crippen molar-refractivity contribution in [2.24, 2.45) is 0 Å². The summed E-state index contributed by atoms with van der Waals surface area (Å²) in [6.45, 7) is 0.760. The lowest BCUT2D eigenvalue weighted by molar-refractivity contribution is -0.119. The third-order valence-electron chi connectivity index (χ3n) is 3.01. The molecule has 0 atom stereocenters. The highest BCUT2D eigenvalue weighted by Crippen LogP contribution is 2.14. The maximum Gasteiger partial charge on any atom is 0.239 e. The molecule has 0 saturated heterocycles. The summed E-state index contributed by atoms with van der Waals surface area (Å²) < 4.78 is 0. The molecule has 0 saturated carbocycles. The highest BCUT2D eigenvalue weighted by molar-refractivity contribution is 6.31. The average Bonchev–Trinajstić information content (AvgIpc) is 2.47. The standard InChI is InChI=1S/C16H17ClN2O/c1-19(14-8-3-2-4-9-14)12-16(20)18-11-13-7-5-6-10-15(13)17/h2-10H,11-12H2,1H3,(H,18,20). The summed E-state index contributed by atoms with van der Waals surface area (Å²) in [5.41, 5.74) is 1.94. The fourth-order valence-electron chi connectivity index (χ4n) is 1.88. The van der Waals surface area contributed by atoms with Gasteiger partial charge in [-0.2, -0.15) is 0 Å². The van der Waals surface area contributed by atoms with Gasteiger partial charge < -0.3 is 10.2 Å². The minimum Gasteiger partial charge on any atom is -0.365 e. The Hall–Kier alpha value is -2.00. The normalized spacial score (nSPS) is 10.1. The predicted molar refractivity (Wildman–Crippen MR) is 83.0 cm³/mol. The number of hydrogen-bond acceptors (Lipinski definition) is 2. The third-order valence-corrected chi connectivity index (χ3v) is 3.38. The van der Waals surface area contributed by atoms with E-state index in [1.165, 1.54) is 0 Å². The Labute approximate surface area is 124 Å². The van der Waals surface area contributed by atoms with Crippen molar-refractivity contribution in [3.63, 3.8) is 0 Å². The first-order valence-corrected chi connectivity index (χ1v) is 6.81. The molecule has 0 heterocycles. The number of likely N-dealkylation sites (N-methyl/N-ethyl adjacent to an activating group) is 1. The van der Waals surface area contributed by atoms with Crippen LogP contribution >= 0.6 is 11.6 Å². The summed E-state index contributed by atoms with van der Waals surface area (Å²) >= 11 is 6.05. The molecular formula is C16H17ClN2O. The zero-order valence-electron chi connectivity index (χ0n) is 11.3. The van der Waals surface area contributed by atoms with Crippen LogP contribution in [0, 0.1) is 0 Å². The van der Waals surface area contributed by atoms with Crippen LogP contribution in [0.5, 0.6) is 0 Å². The van der Waals surface area contributed by atoms with E-state index in [1.54, 1.807) is 0 Å². The van der Waals surface area contributed by atoms with Gasteiger partial charge in [-0.3, -0.25) is 4.79 Å². The number of benzene rings is 2. The lowest BCUT2D eigenvalue weighted by Gasteiger charge is -2.18.